The summed E-state index contributed by atoms with van der Waals surface area (Å²) in [6, 6.07) is 7.70. The third kappa shape index (κ3) is 7.75. The summed E-state index contributed by atoms with van der Waals surface area (Å²) in [5.41, 5.74) is 3.81. The number of carboxylic acids is 1. The van der Waals surface area contributed by atoms with Crippen LogP contribution in [0.15, 0.2) is 30.6 Å². The number of halogens is 6. The number of imidazole rings is 1. The van der Waals surface area contributed by atoms with Crippen molar-refractivity contribution in [2.24, 2.45) is 5.73 Å². The van der Waals surface area contributed by atoms with Crippen molar-refractivity contribution >= 4 is 37.9 Å². The standard InChI is InChI=1S/C19H24F3N5O2S.C2HF3O2/c1-13(8-9-23)16-17-18(14-6-2-3-7-15(14)26-16)27(12-24-17)11-5-4-10-25-30(28,29)19(20,21)22;3-2(4,5)1(6)7/h2-3,6-7,12-13,25H,4-5,8-11,23H2,1H3;(H,6,7). The number of aromatic nitrogens is 3. The predicted molar refractivity (Wildman–Crippen MR) is 123 cm³/mol. The minimum absolute atomic E-state index is 0.127. The SMILES string of the molecule is CC(CCN)c1nc2ccccc2c2c1ncn2CCCCNS(=O)(=O)C(F)(F)F.O=C(O)C(F)(F)F. The lowest BCUT2D eigenvalue weighted by Gasteiger charge is -2.13. The van der Waals surface area contributed by atoms with Crippen molar-refractivity contribution in [1.29, 1.82) is 0 Å². The van der Waals surface area contributed by atoms with Gasteiger partial charge in [0.2, 0.25) is 0 Å². The van der Waals surface area contributed by atoms with Crippen molar-refractivity contribution in [3.63, 3.8) is 0 Å². The first kappa shape index (κ1) is 30.2. The summed E-state index contributed by atoms with van der Waals surface area (Å²) in [5.74, 6) is -2.63. The largest absolute Gasteiger partial charge is 0.511 e. The van der Waals surface area contributed by atoms with Gasteiger partial charge in [-0.3, -0.25) is 4.98 Å². The zero-order valence-electron chi connectivity index (χ0n) is 19.5. The first-order chi connectivity index (χ1) is 17.1. The number of nitrogens with one attached hydrogen (secondary N) is 1. The van der Waals surface area contributed by atoms with Crippen LogP contribution in [0.25, 0.3) is 21.9 Å². The van der Waals surface area contributed by atoms with Gasteiger partial charge in [0.15, 0.2) is 0 Å². The predicted octanol–water partition coefficient (Wildman–Crippen LogP) is 3.89. The molecule has 206 valence electrons. The van der Waals surface area contributed by atoms with Gasteiger partial charge in [-0.1, -0.05) is 25.1 Å². The molecular formula is C21H25F6N5O4S. The molecule has 0 radical (unpaired) electrons. The van der Waals surface area contributed by atoms with Crippen LogP contribution in [0.5, 0.6) is 0 Å². The fourth-order valence-corrected chi connectivity index (χ4v) is 3.98. The molecule has 3 aromatic rings. The smallest absolute Gasteiger partial charge is 0.475 e. The van der Waals surface area contributed by atoms with E-state index in [9.17, 15) is 34.8 Å². The number of aliphatic carboxylic acids is 1. The molecule has 0 bridgehead atoms. The summed E-state index contributed by atoms with van der Waals surface area (Å²) in [7, 11) is -5.30. The number of pyridine rings is 1. The molecule has 37 heavy (non-hydrogen) atoms. The molecule has 3 rings (SSSR count). The van der Waals surface area contributed by atoms with Crippen molar-refractivity contribution in [2.75, 3.05) is 13.1 Å². The van der Waals surface area contributed by atoms with E-state index >= 15 is 0 Å². The summed E-state index contributed by atoms with van der Waals surface area (Å²) in [6.45, 7) is 2.79. The van der Waals surface area contributed by atoms with E-state index in [-0.39, 0.29) is 18.9 Å². The second-order valence-corrected chi connectivity index (χ2v) is 9.74. The third-order valence-corrected chi connectivity index (χ3v) is 6.41. The van der Waals surface area contributed by atoms with Gasteiger partial charge in [-0.2, -0.15) is 26.3 Å². The topological polar surface area (TPSA) is 140 Å². The van der Waals surface area contributed by atoms with Crippen molar-refractivity contribution in [3.05, 3.63) is 36.3 Å². The zero-order chi connectivity index (χ0) is 28.0. The van der Waals surface area contributed by atoms with Crippen molar-refractivity contribution in [1.82, 2.24) is 19.3 Å². The highest BCUT2D eigenvalue weighted by Gasteiger charge is 2.45. The molecule has 4 N–H and O–H groups in total. The number of carbonyl (C=O) groups is 1. The van der Waals surface area contributed by atoms with Gasteiger partial charge >= 0.3 is 27.7 Å². The second-order valence-electron chi connectivity index (χ2n) is 7.98. The summed E-state index contributed by atoms with van der Waals surface area (Å²) in [6.07, 6.45) is -1.88. The van der Waals surface area contributed by atoms with Gasteiger partial charge in [0.1, 0.15) is 5.52 Å². The number of hydrogen-bond donors (Lipinski definition) is 3. The number of nitrogens with two attached hydrogens (primary N) is 1. The van der Waals surface area contributed by atoms with Gasteiger partial charge in [0.05, 0.1) is 23.1 Å². The van der Waals surface area contributed by atoms with E-state index in [1.165, 1.54) is 0 Å². The van der Waals surface area contributed by atoms with E-state index in [1.54, 1.807) is 11.0 Å². The van der Waals surface area contributed by atoms with E-state index in [0.717, 1.165) is 34.1 Å². The molecule has 0 spiro atoms. The number of fused-ring (bicyclic) bond motifs is 3. The van der Waals surface area contributed by atoms with E-state index in [1.807, 2.05) is 28.8 Å². The average molecular weight is 558 g/mol. The molecule has 0 aliphatic rings. The molecule has 2 heterocycles. The molecule has 0 amide bonds. The van der Waals surface area contributed by atoms with Crippen molar-refractivity contribution < 1.29 is 44.7 Å². The van der Waals surface area contributed by atoms with Crippen LogP contribution >= 0.6 is 0 Å². The normalized spacial score (nSPS) is 13.4. The fraction of sp³-hybridized carbons (Fsp3) is 0.476. The van der Waals surface area contributed by atoms with E-state index in [0.29, 0.717) is 19.5 Å². The highest BCUT2D eigenvalue weighted by molar-refractivity contribution is 7.90. The fourth-order valence-electron chi connectivity index (χ4n) is 3.40. The number of nitrogens with zero attached hydrogens (tertiary/aromatic N) is 3. The number of unbranched alkanes of at least 4 members (excludes halogenated alkanes) is 1. The van der Waals surface area contributed by atoms with Crippen LogP contribution in [-0.2, 0) is 21.4 Å². The average Bonchev–Trinajstić information content (AvgIpc) is 3.21. The Bertz CT molecular complexity index is 1320. The number of alkyl halides is 6. The summed E-state index contributed by atoms with van der Waals surface area (Å²) >= 11 is 0. The van der Waals surface area contributed by atoms with Crippen molar-refractivity contribution in [3.8, 4) is 0 Å². The van der Waals surface area contributed by atoms with Gasteiger partial charge in [-0.25, -0.2) is 22.9 Å². The Hall–Kier alpha value is -2.98. The Kier molecular flexibility index (Phi) is 9.84. The molecule has 0 saturated heterocycles. The second kappa shape index (κ2) is 12.0. The van der Waals surface area contributed by atoms with Crippen LogP contribution in [-0.4, -0.2) is 58.8 Å². The molecule has 0 fully saturated rings. The number of aryl methyl sites for hydroxylation is 1. The van der Waals surface area contributed by atoms with Crippen LogP contribution in [0.4, 0.5) is 26.3 Å². The highest BCUT2D eigenvalue weighted by atomic mass is 32.2. The molecular weight excluding hydrogens is 532 g/mol. The Morgan fingerprint density at radius 3 is 2.35 bits per heavy atom. The molecule has 1 atom stereocenters. The zero-order valence-corrected chi connectivity index (χ0v) is 20.3. The van der Waals surface area contributed by atoms with Crippen LogP contribution < -0.4 is 10.5 Å². The van der Waals surface area contributed by atoms with Crippen LogP contribution in [0.3, 0.4) is 0 Å². The van der Waals surface area contributed by atoms with Gasteiger partial charge < -0.3 is 15.4 Å². The number of rotatable bonds is 9. The minimum Gasteiger partial charge on any atom is -0.475 e. The van der Waals surface area contributed by atoms with Crippen LogP contribution in [0.2, 0.25) is 0 Å². The summed E-state index contributed by atoms with van der Waals surface area (Å²) < 4.78 is 94.5. The molecule has 2 aromatic heterocycles. The Morgan fingerprint density at radius 2 is 1.78 bits per heavy atom. The monoisotopic (exact) mass is 557 g/mol. The van der Waals surface area contributed by atoms with Crippen LogP contribution in [0, 0.1) is 0 Å². The number of para-hydroxylation sites is 1. The van der Waals surface area contributed by atoms with E-state index < -0.39 is 27.7 Å². The van der Waals surface area contributed by atoms with Gasteiger partial charge in [-0.15, -0.1) is 0 Å². The van der Waals surface area contributed by atoms with E-state index in [2.05, 4.69) is 11.9 Å². The maximum absolute atomic E-state index is 12.4. The lowest BCUT2D eigenvalue weighted by Crippen LogP contribution is -2.36. The number of hydrogen-bond acceptors (Lipinski definition) is 6. The molecule has 1 aromatic carbocycles. The lowest BCUT2D eigenvalue weighted by molar-refractivity contribution is -0.192. The Labute approximate surface area is 207 Å². The van der Waals surface area contributed by atoms with Crippen molar-refractivity contribution in [2.45, 2.75) is 50.3 Å². The molecule has 16 heteroatoms. The Balaban J connectivity index is 0.000000604. The van der Waals surface area contributed by atoms with Gasteiger partial charge in [-0.05, 0) is 31.9 Å². The Morgan fingerprint density at radius 1 is 1.16 bits per heavy atom. The molecule has 0 aliphatic carbocycles. The first-order valence-corrected chi connectivity index (χ1v) is 12.4. The maximum Gasteiger partial charge on any atom is 0.511 e. The van der Waals surface area contributed by atoms with Gasteiger partial charge in [0, 0.05) is 24.4 Å². The molecule has 1 unspecified atom stereocenters. The lowest BCUT2D eigenvalue weighted by atomic mass is 10.0. The minimum atomic E-state index is -5.30. The first-order valence-electron chi connectivity index (χ1n) is 10.9. The quantitative estimate of drug-likeness (QED) is 0.268. The third-order valence-electron chi connectivity index (χ3n) is 5.21. The summed E-state index contributed by atoms with van der Waals surface area (Å²) in [4.78, 5) is 18.2. The maximum atomic E-state index is 12.4. The molecule has 0 saturated carbocycles. The van der Waals surface area contributed by atoms with Crippen LogP contribution in [0.1, 0.15) is 37.8 Å². The number of sulfonamides is 1. The van der Waals surface area contributed by atoms with E-state index in [4.69, 9.17) is 20.6 Å². The highest BCUT2D eigenvalue weighted by Crippen LogP contribution is 2.31. The number of benzene rings is 1. The van der Waals surface area contributed by atoms with Gasteiger partial charge in [0.25, 0.3) is 0 Å². The summed E-state index contributed by atoms with van der Waals surface area (Å²) in [5, 5.41) is 8.06. The number of carboxylic acid groups (broad SMARTS) is 1. The molecule has 0 aliphatic heterocycles. The molecule has 9 nitrogen and oxygen atoms in total.